The molecule has 0 unspecified atom stereocenters. The molecule has 52 heavy (non-hydrogen) atoms. The summed E-state index contributed by atoms with van der Waals surface area (Å²) in [7, 11) is 0. The van der Waals surface area contributed by atoms with Gasteiger partial charge in [-0.2, -0.15) is 0 Å². The monoisotopic (exact) mass is 717 g/mol. The Morgan fingerprint density at radius 1 is 0.462 bits per heavy atom. The number of ether oxygens (including phenoxy) is 2. The van der Waals surface area contributed by atoms with Gasteiger partial charge in [0.2, 0.25) is 0 Å². The van der Waals surface area contributed by atoms with Crippen molar-refractivity contribution in [2.45, 2.75) is 148 Å². The molecule has 1 N–H and O–H groups in total. The highest BCUT2D eigenvalue weighted by Crippen LogP contribution is 2.08. The van der Waals surface area contributed by atoms with E-state index in [-0.39, 0.29) is 31.6 Å². The summed E-state index contributed by atoms with van der Waals surface area (Å²) < 4.78 is 10.5. The van der Waals surface area contributed by atoms with E-state index in [0.717, 1.165) is 83.5 Å². The van der Waals surface area contributed by atoms with E-state index < -0.39 is 6.10 Å². The van der Waals surface area contributed by atoms with Gasteiger partial charge in [0.05, 0.1) is 6.61 Å². The van der Waals surface area contributed by atoms with E-state index >= 15 is 0 Å². The van der Waals surface area contributed by atoms with Gasteiger partial charge in [0, 0.05) is 12.8 Å². The third kappa shape index (κ3) is 39.1. The Labute approximate surface area is 318 Å². The lowest BCUT2D eigenvalue weighted by molar-refractivity contribution is -0.161. The maximum absolute atomic E-state index is 12.2. The van der Waals surface area contributed by atoms with Gasteiger partial charge in [0.1, 0.15) is 6.61 Å². The number of unbranched alkanes of at least 4 members (excludes halogenated alkanes) is 6. The standard InChI is InChI=1S/C47H72O5/c1-3-5-7-9-11-13-15-17-19-21-23-25-27-29-31-33-35-37-39-41-46(49)51-44-45(43-48)52-47(50)42-40-38-36-34-32-30-28-26-24-22-20-18-16-14-12-10-8-6-4-2/h5,7,11-14,17-20,23-26,29-32,35,37,45,48H,3-4,6,8-10,15-16,21-22,27-28,33-34,36,38-44H2,1-2H3/b7-5-,13-11-,14-12-,19-17-,20-18-,25-23-,26-24-,31-29-,32-30-,37-35-/t45-/m0/s1. The van der Waals surface area contributed by atoms with Gasteiger partial charge in [-0.1, -0.05) is 155 Å². The second kappa shape index (κ2) is 41.7. The molecular formula is C47H72O5. The molecule has 0 aliphatic heterocycles. The van der Waals surface area contributed by atoms with Gasteiger partial charge in [-0.05, 0) is 96.3 Å². The molecule has 5 nitrogen and oxygen atoms in total. The highest BCUT2D eigenvalue weighted by molar-refractivity contribution is 5.70. The van der Waals surface area contributed by atoms with E-state index in [9.17, 15) is 14.7 Å². The fraction of sp³-hybridized carbons (Fsp3) is 0.532. The van der Waals surface area contributed by atoms with Crippen LogP contribution in [0.2, 0.25) is 0 Å². The molecule has 0 aliphatic carbocycles. The number of aliphatic hydroxyl groups excluding tert-OH is 1. The van der Waals surface area contributed by atoms with Crippen LogP contribution >= 0.6 is 0 Å². The molecule has 0 saturated heterocycles. The second-order valence-corrected chi connectivity index (χ2v) is 12.6. The second-order valence-electron chi connectivity index (χ2n) is 12.6. The average molecular weight is 717 g/mol. The third-order valence-electron chi connectivity index (χ3n) is 7.75. The number of allylic oxidation sites excluding steroid dienone is 20. The molecule has 0 aromatic rings. The van der Waals surface area contributed by atoms with Crippen LogP contribution in [0.1, 0.15) is 142 Å². The minimum absolute atomic E-state index is 0.128. The van der Waals surface area contributed by atoms with E-state index in [2.05, 4.69) is 123 Å². The fourth-order valence-corrected chi connectivity index (χ4v) is 4.74. The highest BCUT2D eigenvalue weighted by Gasteiger charge is 2.15. The van der Waals surface area contributed by atoms with E-state index in [1.807, 2.05) is 12.2 Å². The van der Waals surface area contributed by atoms with Crippen LogP contribution < -0.4 is 0 Å². The molecule has 0 aliphatic rings. The Morgan fingerprint density at radius 3 is 1.29 bits per heavy atom. The molecule has 0 amide bonds. The van der Waals surface area contributed by atoms with Crippen LogP contribution in [-0.4, -0.2) is 36.4 Å². The fourth-order valence-electron chi connectivity index (χ4n) is 4.74. The summed E-state index contributed by atoms with van der Waals surface area (Å²) in [5.74, 6) is -0.739. The van der Waals surface area contributed by atoms with E-state index in [1.54, 1.807) is 0 Å². The van der Waals surface area contributed by atoms with Gasteiger partial charge in [-0.25, -0.2) is 0 Å². The van der Waals surface area contributed by atoms with E-state index in [4.69, 9.17) is 9.47 Å². The zero-order valence-electron chi connectivity index (χ0n) is 32.8. The number of hydrogen-bond donors (Lipinski definition) is 1. The minimum Gasteiger partial charge on any atom is -0.462 e. The minimum atomic E-state index is -0.828. The smallest absolute Gasteiger partial charge is 0.306 e. The van der Waals surface area contributed by atoms with Crippen molar-refractivity contribution < 1.29 is 24.2 Å². The van der Waals surface area contributed by atoms with Crippen molar-refractivity contribution in [2.75, 3.05) is 13.2 Å². The van der Waals surface area contributed by atoms with Crippen LogP contribution in [0.3, 0.4) is 0 Å². The average Bonchev–Trinajstić information content (AvgIpc) is 3.15. The molecule has 290 valence electrons. The highest BCUT2D eigenvalue weighted by atomic mass is 16.6. The summed E-state index contributed by atoms with van der Waals surface area (Å²) in [6.07, 6.45) is 61.2. The number of aliphatic hydroxyl groups is 1. The lowest BCUT2D eigenvalue weighted by Crippen LogP contribution is -2.28. The molecule has 0 spiro atoms. The predicted octanol–water partition coefficient (Wildman–Crippen LogP) is 12.8. The summed E-state index contributed by atoms with van der Waals surface area (Å²) in [6.45, 7) is 3.87. The van der Waals surface area contributed by atoms with Crippen molar-refractivity contribution in [2.24, 2.45) is 0 Å². The van der Waals surface area contributed by atoms with Gasteiger partial charge >= 0.3 is 11.9 Å². The Morgan fingerprint density at radius 2 is 0.865 bits per heavy atom. The van der Waals surface area contributed by atoms with Gasteiger partial charge in [0.15, 0.2) is 6.10 Å². The Balaban J connectivity index is 3.80. The Bertz CT molecular complexity index is 1130. The molecule has 0 bridgehead atoms. The molecule has 5 heteroatoms. The largest absolute Gasteiger partial charge is 0.462 e. The Kier molecular flexibility index (Phi) is 38.8. The lowest BCUT2D eigenvalue weighted by atomic mass is 10.1. The van der Waals surface area contributed by atoms with Crippen molar-refractivity contribution in [1.29, 1.82) is 0 Å². The molecular weight excluding hydrogens is 645 g/mol. The first kappa shape index (κ1) is 48.3. The maximum atomic E-state index is 12.2. The SMILES string of the molecule is CC/C=C\C/C=C\C/C=C\C/C=C\C/C=C\C/C=C\CCC(=O)OC[C@H](CO)OC(=O)CCCCC/C=C\C/C=C\C/C=C\C/C=C\CCCCC. The van der Waals surface area contributed by atoms with E-state index in [0.29, 0.717) is 12.8 Å². The lowest BCUT2D eigenvalue weighted by Gasteiger charge is -2.15. The van der Waals surface area contributed by atoms with Crippen molar-refractivity contribution >= 4 is 11.9 Å². The first-order valence-electron chi connectivity index (χ1n) is 20.1. The summed E-state index contributed by atoms with van der Waals surface area (Å²) >= 11 is 0. The summed E-state index contributed by atoms with van der Waals surface area (Å²) in [5, 5.41) is 9.55. The van der Waals surface area contributed by atoms with Gasteiger partial charge in [-0.3, -0.25) is 9.59 Å². The van der Waals surface area contributed by atoms with Crippen molar-refractivity contribution in [3.8, 4) is 0 Å². The van der Waals surface area contributed by atoms with Gasteiger partial charge in [0.25, 0.3) is 0 Å². The third-order valence-corrected chi connectivity index (χ3v) is 7.75. The number of hydrogen-bond acceptors (Lipinski definition) is 5. The molecule has 0 saturated carbocycles. The topological polar surface area (TPSA) is 72.8 Å². The first-order valence-corrected chi connectivity index (χ1v) is 20.1. The van der Waals surface area contributed by atoms with E-state index in [1.165, 1.54) is 25.7 Å². The summed E-state index contributed by atoms with van der Waals surface area (Å²) in [6, 6.07) is 0. The normalized spacial score (nSPS) is 13.5. The molecule has 0 aromatic carbocycles. The molecule has 0 heterocycles. The molecule has 0 aromatic heterocycles. The molecule has 0 rings (SSSR count). The van der Waals surface area contributed by atoms with Crippen LogP contribution in [0.5, 0.6) is 0 Å². The number of carbonyl (C=O) groups excluding carboxylic acids is 2. The molecule has 0 radical (unpaired) electrons. The van der Waals surface area contributed by atoms with Crippen LogP contribution in [-0.2, 0) is 19.1 Å². The van der Waals surface area contributed by atoms with Crippen LogP contribution in [0.25, 0.3) is 0 Å². The van der Waals surface area contributed by atoms with Gasteiger partial charge < -0.3 is 14.6 Å². The van der Waals surface area contributed by atoms with Crippen molar-refractivity contribution in [3.05, 3.63) is 122 Å². The maximum Gasteiger partial charge on any atom is 0.306 e. The predicted molar refractivity (Wildman–Crippen MR) is 223 cm³/mol. The quantitative estimate of drug-likeness (QED) is 0.0408. The first-order chi connectivity index (χ1) is 25.6. The van der Waals surface area contributed by atoms with Crippen molar-refractivity contribution in [1.82, 2.24) is 0 Å². The summed E-state index contributed by atoms with van der Waals surface area (Å²) in [4.78, 5) is 24.2. The molecule has 0 fully saturated rings. The zero-order chi connectivity index (χ0) is 37.8. The number of carbonyl (C=O) groups is 2. The molecule has 1 atom stereocenters. The Hall–Kier alpha value is -3.70. The number of esters is 2. The zero-order valence-corrected chi connectivity index (χ0v) is 32.8. The van der Waals surface area contributed by atoms with Gasteiger partial charge in [-0.15, -0.1) is 0 Å². The van der Waals surface area contributed by atoms with Crippen LogP contribution in [0.15, 0.2) is 122 Å². The number of rotatable bonds is 34. The summed E-state index contributed by atoms with van der Waals surface area (Å²) in [5.41, 5.74) is 0. The van der Waals surface area contributed by atoms with Crippen LogP contribution in [0, 0.1) is 0 Å². The van der Waals surface area contributed by atoms with Crippen LogP contribution in [0.4, 0.5) is 0 Å². The van der Waals surface area contributed by atoms with Crippen molar-refractivity contribution in [3.63, 3.8) is 0 Å².